The minimum atomic E-state index is -0.392. The fourth-order valence-corrected chi connectivity index (χ4v) is 3.40. The van der Waals surface area contributed by atoms with E-state index in [4.69, 9.17) is 11.6 Å². The van der Waals surface area contributed by atoms with Gasteiger partial charge in [-0.15, -0.1) is 22.9 Å². The fraction of sp³-hybridized carbons (Fsp3) is 0.250. The number of amides is 3. The van der Waals surface area contributed by atoms with E-state index < -0.39 is 5.91 Å². The molecule has 1 aromatic heterocycles. The van der Waals surface area contributed by atoms with Gasteiger partial charge in [0.25, 0.3) is 17.7 Å². The molecule has 2 heterocycles. The Kier molecular flexibility index (Phi) is 4.38. The van der Waals surface area contributed by atoms with Crippen LogP contribution in [-0.2, 0) is 5.88 Å². The first-order valence-electron chi connectivity index (χ1n) is 7.26. The lowest BCUT2D eigenvalue weighted by atomic mass is 10.1. The summed E-state index contributed by atoms with van der Waals surface area (Å²) >= 11 is 6.96. The summed E-state index contributed by atoms with van der Waals surface area (Å²) in [5, 5.41) is 4.85. The summed E-state index contributed by atoms with van der Waals surface area (Å²) in [5.41, 5.74) is 1.55. The molecule has 6 nitrogen and oxygen atoms in total. The minimum Gasteiger partial charge on any atom is -0.298 e. The van der Waals surface area contributed by atoms with Crippen LogP contribution in [0.25, 0.3) is 0 Å². The SMILES string of the molecule is CC(C)N1C(=O)c2ccc(C(=O)Nc3nc(CCl)cs3)cc2C1=O. The van der Waals surface area contributed by atoms with E-state index >= 15 is 0 Å². The predicted molar refractivity (Wildman–Crippen MR) is 91.7 cm³/mol. The summed E-state index contributed by atoms with van der Waals surface area (Å²) in [7, 11) is 0. The van der Waals surface area contributed by atoms with E-state index in [0.29, 0.717) is 22.0 Å². The van der Waals surface area contributed by atoms with Crippen LogP contribution in [0.1, 0.15) is 50.6 Å². The minimum absolute atomic E-state index is 0.237. The maximum absolute atomic E-state index is 12.4. The molecule has 1 aromatic carbocycles. The number of imide groups is 1. The number of carbonyl (C=O) groups is 3. The Morgan fingerprint density at radius 1 is 1.29 bits per heavy atom. The molecule has 1 N–H and O–H groups in total. The second kappa shape index (κ2) is 6.33. The summed E-state index contributed by atoms with van der Waals surface area (Å²) in [4.78, 5) is 42.3. The number of anilines is 1. The molecule has 0 unspecified atom stereocenters. The van der Waals surface area contributed by atoms with Gasteiger partial charge in [0.15, 0.2) is 5.13 Å². The number of carbonyl (C=O) groups excluding carboxylic acids is 3. The molecule has 0 spiro atoms. The predicted octanol–water partition coefficient (Wildman–Crippen LogP) is 3.14. The molecule has 1 aliphatic heterocycles. The smallest absolute Gasteiger partial charge is 0.261 e. The standard InChI is InChI=1S/C16H14ClN3O3S/c1-8(2)20-14(22)11-4-3-9(5-12(11)15(20)23)13(21)19-16-18-10(6-17)7-24-16/h3-5,7-8H,6H2,1-2H3,(H,18,19,21). The first kappa shape index (κ1) is 16.6. The number of fused-ring (bicyclic) bond motifs is 1. The number of nitrogens with one attached hydrogen (secondary N) is 1. The van der Waals surface area contributed by atoms with Crippen LogP contribution in [-0.4, -0.2) is 33.6 Å². The molecule has 0 saturated heterocycles. The van der Waals surface area contributed by atoms with Crippen molar-refractivity contribution in [1.29, 1.82) is 0 Å². The van der Waals surface area contributed by atoms with Crippen molar-refractivity contribution in [2.75, 3.05) is 5.32 Å². The monoisotopic (exact) mass is 363 g/mol. The van der Waals surface area contributed by atoms with Crippen LogP contribution in [0.3, 0.4) is 0 Å². The molecule has 0 radical (unpaired) electrons. The number of benzene rings is 1. The van der Waals surface area contributed by atoms with Crippen LogP contribution in [0.4, 0.5) is 5.13 Å². The van der Waals surface area contributed by atoms with Crippen molar-refractivity contribution in [3.63, 3.8) is 0 Å². The number of hydrogen-bond donors (Lipinski definition) is 1. The molecule has 3 rings (SSSR count). The van der Waals surface area contributed by atoms with Gasteiger partial charge in [0, 0.05) is 17.0 Å². The van der Waals surface area contributed by atoms with Crippen LogP contribution in [0.5, 0.6) is 0 Å². The third kappa shape index (κ3) is 2.81. The number of thiazole rings is 1. The van der Waals surface area contributed by atoms with Gasteiger partial charge < -0.3 is 0 Å². The Morgan fingerprint density at radius 2 is 2.00 bits per heavy atom. The van der Waals surface area contributed by atoms with E-state index in [9.17, 15) is 14.4 Å². The van der Waals surface area contributed by atoms with E-state index in [1.54, 1.807) is 19.2 Å². The van der Waals surface area contributed by atoms with Gasteiger partial charge in [-0.3, -0.25) is 24.6 Å². The molecule has 0 aliphatic carbocycles. The molecule has 1 aliphatic rings. The quantitative estimate of drug-likeness (QED) is 0.668. The Labute approximate surface area is 147 Å². The lowest BCUT2D eigenvalue weighted by molar-refractivity contribution is 0.0609. The van der Waals surface area contributed by atoms with Gasteiger partial charge >= 0.3 is 0 Å². The van der Waals surface area contributed by atoms with Crippen molar-refractivity contribution < 1.29 is 14.4 Å². The maximum atomic E-state index is 12.4. The molecule has 124 valence electrons. The van der Waals surface area contributed by atoms with Gasteiger partial charge in [-0.25, -0.2) is 4.98 Å². The van der Waals surface area contributed by atoms with Crippen molar-refractivity contribution >= 4 is 45.8 Å². The maximum Gasteiger partial charge on any atom is 0.261 e. The van der Waals surface area contributed by atoms with Crippen LogP contribution in [0.15, 0.2) is 23.6 Å². The Balaban J connectivity index is 1.86. The molecular formula is C16H14ClN3O3S. The highest BCUT2D eigenvalue weighted by atomic mass is 35.5. The van der Waals surface area contributed by atoms with Gasteiger partial charge in [0.05, 0.1) is 22.7 Å². The van der Waals surface area contributed by atoms with E-state index in [1.807, 2.05) is 0 Å². The highest BCUT2D eigenvalue weighted by Gasteiger charge is 2.37. The summed E-state index contributed by atoms with van der Waals surface area (Å²) in [6.07, 6.45) is 0. The van der Waals surface area contributed by atoms with Gasteiger partial charge in [-0.05, 0) is 32.0 Å². The van der Waals surface area contributed by atoms with Crippen molar-refractivity contribution in [3.8, 4) is 0 Å². The molecule has 8 heteroatoms. The normalized spacial score (nSPS) is 13.6. The van der Waals surface area contributed by atoms with Gasteiger partial charge in [-0.1, -0.05) is 0 Å². The number of alkyl halides is 1. The molecule has 2 aromatic rings. The highest BCUT2D eigenvalue weighted by molar-refractivity contribution is 7.14. The van der Waals surface area contributed by atoms with Crippen LogP contribution in [0.2, 0.25) is 0 Å². The van der Waals surface area contributed by atoms with Gasteiger partial charge in [0.1, 0.15) is 0 Å². The van der Waals surface area contributed by atoms with Crippen LogP contribution in [0, 0.1) is 0 Å². The average Bonchev–Trinajstić information content (AvgIpc) is 3.10. The lowest BCUT2D eigenvalue weighted by Gasteiger charge is -2.17. The first-order valence-corrected chi connectivity index (χ1v) is 8.67. The van der Waals surface area contributed by atoms with Crippen molar-refractivity contribution in [2.24, 2.45) is 0 Å². The molecule has 24 heavy (non-hydrogen) atoms. The van der Waals surface area contributed by atoms with Crippen molar-refractivity contribution in [2.45, 2.75) is 25.8 Å². The summed E-state index contributed by atoms with van der Waals surface area (Å²) in [6.45, 7) is 3.54. The second-order valence-electron chi connectivity index (χ2n) is 5.57. The van der Waals surface area contributed by atoms with Crippen LogP contribution < -0.4 is 5.32 Å². The third-order valence-corrected chi connectivity index (χ3v) is 4.69. The van der Waals surface area contributed by atoms with Crippen molar-refractivity contribution in [1.82, 2.24) is 9.88 Å². The zero-order chi connectivity index (χ0) is 17.4. The third-order valence-electron chi connectivity index (χ3n) is 3.61. The molecule has 0 atom stereocenters. The molecule has 3 amide bonds. The van der Waals surface area contributed by atoms with E-state index in [0.717, 1.165) is 0 Å². The molecule has 0 bridgehead atoms. The molecule has 0 saturated carbocycles. The summed E-state index contributed by atoms with van der Waals surface area (Å²) in [6, 6.07) is 4.25. The summed E-state index contributed by atoms with van der Waals surface area (Å²) < 4.78 is 0. The summed E-state index contributed by atoms with van der Waals surface area (Å²) in [5.74, 6) is -0.828. The number of rotatable bonds is 4. The second-order valence-corrected chi connectivity index (χ2v) is 6.69. The lowest BCUT2D eigenvalue weighted by Crippen LogP contribution is -2.35. The zero-order valence-electron chi connectivity index (χ0n) is 13.0. The topological polar surface area (TPSA) is 79.4 Å². The number of nitrogens with zero attached hydrogens (tertiary/aromatic N) is 2. The first-order chi connectivity index (χ1) is 11.4. The molecule has 0 fully saturated rings. The Morgan fingerprint density at radius 3 is 2.62 bits per heavy atom. The van der Waals surface area contributed by atoms with Gasteiger partial charge in [-0.2, -0.15) is 0 Å². The van der Waals surface area contributed by atoms with E-state index in [2.05, 4.69) is 10.3 Å². The highest BCUT2D eigenvalue weighted by Crippen LogP contribution is 2.26. The van der Waals surface area contributed by atoms with Gasteiger partial charge in [0.2, 0.25) is 0 Å². The number of halogens is 1. The Hall–Kier alpha value is -2.25. The van der Waals surface area contributed by atoms with E-state index in [1.165, 1.54) is 34.4 Å². The fourth-order valence-electron chi connectivity index (χ4n) is 2.46. The number of hydrogen-bond acceptors (Lipinski definition) is 5. The average molecular weight is 364 g/mol. The van der Waals surface area contributed by atoms with E-state index in [-0.39, 0.29) is 29.3 Å². The molecular weight excluding hydrogens is 350 g/mol. The number of aromatic nitrogens is 1. The Bertz CT molecular complexity index is 847. The zero-order valence-corrected chi connectivity index (χ0v) is 14.6. The van der Waals surface area contributed by atoms with Crippen LogP contribution >= 0.6 is 22.9 Å². The van der Waals surface area contributed by atoms with Crippen molar-refractivity contribution in [3.05, 3.63) is 46.0 Å². The largest absolute Gasteiger partial charge is 0.298 e.